The summed E-state index contributed by atoms with van der Waals surface area (Å²) >= 11 is 0. The SMILES string of the molecule is COC(=O)C1CCN(C(=O)NCc2ccccc2)CC1. The van der Waals surface area contributed by atoms with E-state index in [4.69, 9.17) is 4.74 Å². The average molecular weight is 276 g/mol. The standard InChI is InChI=1S/C15H20N2O3/c1-20-14(18)13-7-9-17(10-8-13)15(19)16-11-12-5-3-2-4-6-12/h2-6,13H,7-11H2,1H3,(H,16,19). The second-order valence-corrected chi connectivity index (χ2v) is 4.93. The van der Waals surface area contributed by atoms with E-state index in [0.717, 1.165) is 5.56 Å². The molecule has 2 rings (SSSR count). The summed E-state index contributed by atoms with van der Waals surface area (Å²) in [7, 11) is 1.40. The van der Waals surface area contributed by atoms with Crippen LogP contribution >= 0.6 is 0 Å². The Morgan fingerprint density at radius 3 is 2.50 bits per heavy atom. The van der Waals surface area contributed by atoms with Gasteiger partial charge < -0.3 is 15.0 Å². The van der Waals surface area contributed by atoms with E-state index in [1.807, 2.05) is 30.3 Å². The number of hydrogen-bond donors (Lipinski definition) is 1. The molecule has 20 heavy (non-hydrogen) atoms. The smallest absolute Gasteiger partial charge is 0.317 e. The van der Waals surface area contributed by atoms with Crippen molar-refractivity contribution in [2.24, 2.45) is 5.92 Å². The average Bonchev–Trinajstić information content (AvgIpc) is 2.53. The van der Waals surface area contributed by atoms with Gasteiger partial charge in [-0.1, -0.05) is 30.3 Å². The molecule has 1 N–H and O–H groups in total. The molecule has 1 aromatic carbocycles. The fraction of sp³-hybridized carbons (Fsp3) is 0.467. The summed E-state index contributed by atoms with van der Waals surface area (Å²) in [5.74, 6) is -0.243. The Hall–Kier alpha value is -2.04. The first-order valence-electron chi connectivity index (χ1n) is 6.85. The van der Waals surface area contributed by atoms with Crippen molar-refractivity contribution in [3.05, 3.63) is 35.9 Å². The molecular formula is C15H20N2O3. The van der Waals surface area contributed by atoms with Crippen molar-refractivity contribution < 1.29 is 14.3 Å². The van der Waals surface area contributed by atoms with Gasteiger partial charge in [-0.25, -0.2) is 4.79 Å². The fourth-order valence-electron chi connectivity index (χ4n) is 2.37. The van der Waals surface area contributed by atoms with Crippen LogP contribution in [0.25, 0.3) is 0 Å². The fourth-order valence-corrected chi connectivity index (χ4v) is 2.37. The molecule has 0 atom stereocenters. The van der Waals surface area contributed by atoms with Gasteiger partial charge in [-0.15, -0.1) is 0 Å². The first kappa shape index (κ1) is 14.4. The Balaban J connectivity index is 1.76. The van der Waals surface area contributed by atoms with E-state index in [1.54, 1.807) is 4.90 Å². The highest BCUT2D eigenvalue weighted by molar-refractivity contribution is 5.75. The van der Waals surface area contributed by atoms with Gasteiger partial charge in [-0.3, -0.25) is 4.79 Å². The van der Waals surface area contributed by atoms with Crippen molar-refractivity contribution in [2.45, 2.75) is 19.4 Å². The predicted molar refractivity (Wildman–Crippen MR) is 75.0 cm³/mol. The number of esters is 1. The summed E-state index contributed by atoms with van der Waals surface area (Å²) in [5.41, 5.74) is 1.07. The Labute approximate surface area is 118 Å². The van der Waals surface area contributed by atoms with E-state index in [0.29, 0.717) is 32.5 Å². The van der Waals surface area contributed by atoms with E-state index in [2.05, 4.69) is 5.32 Å². The molecule has 0 aliphatic carbocycles. The molecule has 1 saturated heterocycles. The van der Waals surface area contributed by atoms with Crippen molar-refractivity contribution in [1.29, 1.82) is 0 Å². The minimum absolute atomic E-state index is 0.0711. The van der Waals surface area contributed by atoms with E-state index >= 15 is 0 Å². The highest BCUT2D eigenvalue weighted by Crippen LogP contribution is 2.18. The topological polar surface area (TPSA) is 58.6 Å². The molecule has 0 unspecified atom stereocenters. The zero-order chi connectivity index (χ0) is 14.4. The number of likely N-dealkylation sites (tertiary alicyclic amines) is 1. The third kappa shape index (κ3) is 3.73. The van der Waals surface area contributed by atoms with Gasteiger partial charge in [0.15, 0.2) is 0 Å². The van der Waals surface area contributed by atoms with Crippen LogP contribution < -0.4 is 5.32 Å². The summed E-state index contributed by atoms with van der Waals surface area (Å²) < 4.78 is 4.73. The molecule has 2 amide bonds. The van der Waals surface area contributed by atoms with Crippen LogP contribution in [0.15, 0.2) is 30.3 Å². The summed E-state index contributed by atoms with van der Waals surface area (Å²) in [6, 6.07) is 9.72. The zero-order valence-corrected chi connectivity index (χ0v) is 11.7. The quantitative estimate of drug-likeness (QED) is 0.856. The number of hydrogen-bond acceptors (Lipinski definition) is 3. The summed E-state index contributed by atoms with van der Waals surface area (Å²) in [6.07, 6.45) is 1.34. The molecule has 5 nitrogen and oxygen atoms in total. The van der Waals surface area contributed by atoms with Gasteiger partial charge in [0.2, 0.25) is 0 Å². The normalized spacial score (nSPS) is 15.8. The van der Waals surface area contributed by atoms with Crippen molar-refractivity contribution in [3.8, 4) is 0 Å². The molecule has 1 aliphatic heterocycles. The van der Waals surface area contributed by atoms with Crippen molar-refractivity contribution in [2.75, 3.05) is 20.2 Å². The van der Waals surface area contributed by atoms with Crippen LogP contribution in [0.3, 0.4) is 0 Å². The number of urea groups is 1. The van der Waals surface area contributed by atoms with Crippen LogP contribution in [0.4, 0.5) is 4.79 Å². The van der Waals surface area contributed by atoms with Crippen LogP contribution in [0.5, 0.6) is 0 Å². The van der Waals surface area contributed by atoms with E-state index in [-0.39, 0.29) is 17.9 Å². The number of amides is 2. The number of rotatable bonds is 3. The summed E-state index contributed by atoms with van der Waals surface area (Å²) in [4.78, 5) is 25.2. The highest BCUT2D eigenvalue weighted by Gasteiger charge is 2.27. The Kier molecular flexibility index (Phi) is 4.98. The lowest BCUT2D eigenvalue weighted by molar-refractivity contribution is -0.146. The van der Waals surface area contributed by atoms with E-state index < -0.39 is 0 Å². The second kappa shape index (κ2) is 6.93. The monoisotopic (exact) mass is 276 g/mol. The second-order valence-electron chi connectivity index (χ2n) is 4.93. The van der Waals surface area contributed by atoms with E-state index in [1.165, 1.54) is 7.11 Å². The number of methoxy groups -OCH3 is 1. The number of nitrogens with zero attached hydrogens (tertiary/aromatic N) is 1. The van der Waals surface area contributed by atoms with Crippen LogP contribution in [0.2, 0.25) is 0 Å². The number of benzene rings is 1. The molecule has 0 saturated carbocycles. The van der Waals surface area contributed by atoms with Crippen LogP contribution in [0, 0.1) is 5.92 Å². The van der Waals surface area contributed by atoms with Crippen LogP contribution in [-0.2, 0) is 16.1 Å². The molecule has 0 aromatic heterocycles. The molecule has 1 aliphatic rings. The van der Waals surface area contributed by atoms with Gasteiger partial charge in [0, 0.05) is 19.6 Å². The maximum Gasteiger partial charge on any atom is 0.317 e. The molecule has 108 valence electrons. The molecule has 0 radical (unpaired) electrons. The lowest BCUT2D eigenvalue weighted by atomic mass is 9.97. The number of piperidine rings is 1. The van der Waals surface area contributed by atoms with Crippen molar-refractivity contribution in [3.63, 3.8) is 0 Å². The minimum Gasteiger partial charge on any atom is -0.469 e. The summed E-state index contributed by atoms with van der Waals surface area (Å²) in [5, 5.41) is 2.90. The Bertz CT molecular complexity index is 453. The zero-order valence-electron chi connectivity index (χ0n) is 11.7. The first-order chi connectivity index (χ1) is 9.70. The van der Waals surface area contributed by atoms with Gasteiger partial charge >= 0.3 is 12.0 Å². The predicted octanol–water partition coefficient (Wildman–Crippen LogP) is 1.78. The van der Waals surface area contributed by atoms with Gasteiger partial charge in [-0.05, 0) is 18.4 Å². The van der Waals surface area contributed by atoms with Crippen LogP contribution in [0.1, 0.15) is 18.4 Å². The molecule has 0 bridgehead atoms. The van der Waals surface area contributed by atoms with Gasteiger partial charge in [0.1, 0.15) is 0 Å². The molecule has 5 heteroatoms. The van der Waals surface area contributed by atoms with Crippen molar-refractivity contribution >= 4 is 12.0 Å². The molecule has 1 aromatic rings. The third-order valence-electron chi connectivity index (χ3n) is 3.60. The Morgan fingerprint density at radius 2 is 1.90 bits per heavy atom. The number of carbonyl (C=O) groups excluding carboxylic acids is 2. The van der Waals surface area contributed by atoms with Gasteiger partial charge in [-0.2, -0.15) is 0 Å². The van der Waals surface area contributed by atoms with Gasteiger partial charge in [0.05, 0.1) is 13.0 Å². The lowest BCUT2D eigenvalue weighted by Crippen LogP contribution is -2.45. The molecule has 1 heterocycles. The molecule has 0 spiro atoms. The number of ether oxygens (including phenoxy) is 1. The van der Waals surface area contributed by atoms with E-state index in [9.17, 15) is 9.59 Å². The summed E-state index contributed by atoms with van der Waals surface area (Å²) in [6.45, 7) is 1.72. The number of nitrogens with one attached hydrogen (secondary N) is 1. The first-order valence-corrected chi connectivity index (χ1v) is 6.85. The number of carbonyl (C=O) groups is 2. The molecular weight excluding hydrogens is 256 g/mol. The maximum atomic E-state index is 12.0. The molecule has 1 fully saturated rings. The Morgan fingerprint density at radius 1 is 1.25 bits per heavy atom. The van der Waals surface area contributed by atoms with Gasteiger partial charge in [0.25, 0.3) is 0 Å². The third-order valence-corrected chi connectivity index (χ3v) is 3.60. The largest absolute Gasteiger partial charge is 0.469 e. The minimum atomic E-state index is -0.172. The lowest BCUT2D eigenvalue weighted by Gasteiger charge is -2.30. The maximum absolute atomic E-state index is 12.0. The highest BCUT2D eigenvalue weighted by atomic mass is 16.5. The van der Waals surface area contributed by atoms with Crippen molar-refractivity contribution in [1.82, 2.24) is 10.2 Å². The van der Waals surface area contributed by atoms with Crippen LogP contribution in [-0.4, -0.2) is 37.1 Å².